The van der Waals surface area contributed by atoms with Crippen molar-refractivity contribution in [1.82, 2.24) is 14.9 Å². The van der Waals surface area contributed by atoms with Crippen molar-refractivity contribution in [1.29, 1.82) is 0 Å². The fourth-order valence-corrected chi connectivity index (χ4v) is 4.24. The van der Waals surface area contributed by atoms with E-state index in [0.29, 0.717) is 37.7 Å². The van der Waals surface area contributed by atoms with Crippen LogP contribution < -0.4 is 10.6 Å². The molecular weight excluding hydrogens is 357 g/mol. The largest absolute Gasteiger partial charge is 0.353 e. The molecule has 6 nitrogen and oxygen atoms in total. The first-order valence-electron chi connectivity index (χ1n) is 9.91. The first kappa shape index (κ1) is 18.8. The van der Waals surface area contributed by atoms with Crippen molar-refractivity contribution in [3.8, 4) is 0 Å². The molecule has 28 heavy (non-hydrogen) atoms. The van der Waals surface area contributed by atoms with Gasteiger partial charge in [-0.05, 0) is 36.8 Å². The molecule has 0 unspecified atom stereocenters. The van der Waals surface area contributed by atoms with Gasteiger partial charge < -0.3 is 15.5 Å². The zero-order valence-electron chi connectivity index (χ0n) is 16.1. The van der Waals surface area contributed by atoms with E-state index in [1.54, 1.807) is 29.4 Å². The van der Waals surface area contributed by atoms with Crippen molar-refractivity contribution < 1.29 is 9.18 Å². The number of carbonyl (C=O) groups is 1. The highest BCUT2D eigenvalue weighted by Gasteiger charge is 2.30. The number of hydrogen-bond acceptors (Lipinski definition) is 5. The van der Waals surface area contributed by atoms with Crippen LogP contribution in [-0.4, -0.2) is 53.0 Å². The number of benzene rings is 1. The zero-order chi connectivity index (χ0) is 19.7. The molecule has 2 atom stereocenters. The summed E-state index contributed by atoms with van der Waals surface area (Å²) >= 11 is 0. The lowest BCUT2D eigenvalue weighted by Crippen LogP contribution is -2.54. The van der Waals surface area contributed by atoms with Crippen LogP contribution in [0.1, 0.15) is 36.1 Å². The number of hydrogen-bond donors (Lipinski definition) is 1. The number of anilines is 1. The second-order valence-corrected chi connectivity index (χ2v) is 7.71. The molecule has 0 radical (unpaired) electrons. The fraction of sp³-hybridized carbons (Fsp3) is 0.476. The van der Waals surface area contributed by atoms with Gasteiger partial charge in [0.1, 0.15) is 18.0 Å². The molecule has 1 aromatic carbocycles. The minimum absolute atomic E-state index is 0.121. The summed E-state index contributed by atoms with van der Waals surface area (Å²) in [5.41, 5.74) is 8.99. The van der Waals surface area contributed by atoms with Crippen molar-refractivity contribution >= 4 is 11.7 Å². The summed E-state index contributed by atoms with van der Waals surface area (Å²) in [4.78, 5) is 25.7. The molecule has 1 aliphatic carbocycles. The molecule has 7 heteroatoms. The summed E-state index contributed by atoms with van der Waals surface area (Å²) in [6, 6.07) is 5.74. The van der Waals surface area contributed by atoms with Gasteiger partial charge in [0, 0.05) is 37.4 Å². The summed E-state index contributed by atoms with van der Waals surface area (Å²) in [5, 5.41) is 0. The van der Waals surface area contributed by atoms with Crippen LogP contribution in [0.3, 0.4) is 0 Å². The third-order valence-electron chi connectivity index (χ3n) is 5.86. The molecule has 1 saturated heterocycles. The molecule has 2 aliphatic rings. The highest BCUT2D eigenvalue weighted by atomic mass is 19.1. The SMILES string of the molecule is C[C@@H]1CCc2ncnc(N3CCN(C(=O)[C@H](N)Cc4ccccc4F)CC3)c21. The summed E-state index contributed by atoms with van der Waals surface area (Å²) in [6.45, 7) is 4.84. The Kier molecular flexibility index (Phi) is 5.26. The van der Waals surface area contributed by atoms with Gasteiger partial charge in [0.05, 0.1) is 6.04 Å². The monoisotopic (exact) mass is 383 g/mol. The van der Waals surface area contributed by atoms with E-state index in [2.05, 4.69) is 21.8 Å². The second-order valence-electron chi connectivity index (χ2n) is 7.71. The van der Waals surface area contributed by atoms with Gasteiger partial charge >= 0.3 is 0 Å². The van der Waals surface area contributed by atoms with Crippen LogP contribution in [0.25, 0.3) is 0 Å². The van der Waals surface area contributed by atoms with E-state index < -0.39 is 6.04 Å². The van der Waals surface area contributed by atoms with E-state index >= 15 is 0 Å². The Morgan fingerprint density at radius 2 is 2.00 bits per heavy atom. The smallest absolute Gasteiger partial charge is 0.239 e. The Hall–Kier alpha value is -2.54. The van der Waals surface area contributed by atoms with Crippen molar-refractivity contribution in [3.63, 3.8) is 0 Å². The first-order valence-corrected chi connectivity index (χ1v) is 9.91. The van der Waals surface area contributed by atoms with E-state index in [4.69, 9.17) is 5.73 Å². The molecule has 4 rings (SSSR count). The van der Waals surface area contributed by atoms with Crippen LogP contribution in [0.2, 0.25) is 0 Å². The molecule has 0 saturated carbocycles. The second kappa shape index (κ2) is 7.83. The van der Waals surface area contributed by atoms with Crippen molar-refractivity contribution in [2.75, 3.05) is 31.1 Å². The van der Waals surface area contributed by atoms with E-state index in [1.165, 1.54) is 11.6 Å². The summed E-state index contributed by atoms with van der Waals surface area (Å²) in [5.74, 6) is 1.05. The lowest BCUT2D eigenvalue weighted by atomic mass is 10.0. The molecule has 2 heterocycles. The minimum Gasteiger partial charge on any atom is -0.353 e. The number of nitrogens with two attached hydrogens (primary N) is 1. The number of amides is 1. The standard InChI is InChI=1S/C21H26FN5O/c1-14-6-7-18-19(14)20(25-13-24-18)26-8-10-27(11-9-26)21(28)17(23)12-15-4-2-3-5-16(15)22/h2-5,13-14,17H,6-12,23H2,1H3/t14-,17-/m1/s1. The quantitative estimate of drug-likeness (QED) is 0.873. The Morgan fingerprint density at radius 1 is 1.25 bits per heavy atom. The summed E-state index contributed by atoms with van der Waals surface area (Å²) < 4.78 is 13.8. The van der Waals surface area contributed by atoms with Gasteiger partial charge in [0.2, 0.25) is 5.91 Å². The predicted octanol–water partition coefficient (Wildman–Crippen LogP) is 1.88. The van der Waals surface area contributed by atoms with E-state index in [0.717, 1.165) is 24.4 Å². The predicted molar refractivity (Wildman–Crippen MR) is 106 cm³/mol. The maximum atomic E-state index is 13.8. The van der Waals surface area contributed by atoms with Crippen molar-refractivity contribution in [2.24, 2.45) is 5.73 Å². The Bertz CT molecular complexity index is 866. The molecule has 2 aromatic rings. The van der Waals surface area contributed by atoms with Gasteiger partial charge in [-0.3, -0.25) is 4.79 Å². The van der Waals surface area contributed by atoms with Crippen LogP contribution in [0.4, 0.5) is 10.2 Å². The van der Waals surface area contributed by atoms with Gasteiger partial charge in [0.25, 0.3) is 0 Å². The molecule has 1 fully saturated rings. The van der Waals surface area contributed by atoms with Crippen LogP contribution in [0, 0.1) is 5.82 Å². The molecule has 0 spiro atoms. The number of piperazine rings is 1. The maximum absolute atomic E-state index is 13.8. The minimum atomic E-state index is -0.730. The highest BCUT2D eigenvalue weighted by Crippen LogP contribution is 2.37. The number of rotatable bonds is 4. The molecule has 1 aromatic heterocycles. The number of aromatic nitrogens is 2. The summed E-state index contributed by atoms with van der Waals surface area (Å²) in [6.07, 6.45) is 3.98. The average molecular weight is 383 g/mol. The molecular formula is C21H26FN5O. The Morgan fingerprint density at radius 3 is 2.75 bits per heavy atom. The Labute approximate surface area is 164 Å². The molecule has 1 aliphatic heterocycles. The van der Waals surface area contributed by atoms with Gasteiger partial charge in [-0.15, -0.1) is 0 Å². The molecule has 148 valence electrons. The molecule has 1 amide bonds. The summed E-state index contributed by atoms with van der Waals surface area (Å²) in [7, 11) is 0. The molecule has 2 N–H and O–H groups in total. The first-order chi connectivity index (χ1) is 13.5. The fourth-order valence-electron chi connectivity index (χ4n) is 4.24. The Balaban J connectivity index is 1.39. The maximum Gasteiger partial charge on any atom is 0.239 e. The normalized spacial score (nSPS) is 20.2. The van der Waals surface area contributed by atoms with Gasteiger partial charge in [-0.2, -0.15) is 0 Å². The van der Waals surface area contributed by atoms with Gasteiger partial charge in [-0.1, -0.05) is 25.1 Å². The third-order valence-corrected chi connectivity index (χ3v) is 5.86. The van der Waals surface area contributed by atoms with Gasteiger partial charge in [0.15, 0.2) is 0 Å². The topological polar surface area (TPSA) is 75.4 Å². The number of nitrogens with zero attached hydrogens (tertiary/aromatic N) is 4. The average Bonchev–Trinajstić information content (AvgIpc) is 3.10. The molecule has 0 bridgehead atoms. The van der Waals surface area contributed by atoms with E-state index in [9.17, 15) is 9.18 Å². The lowest BCUT2D eigenvalue weighted by Gasteiger charge is -2.37. The number of carbonyl (C=O) groups excluding carboxylic acids is 1. The van der Waals surface area contributed by atoms with Crippen LogP contribution in [-0.2, 0) is 17.6 Å². The van der Waals surface area contributed by atoms with Crippen LogP contribution in [0.5, 0.6) is 0 Å². The zero-order valence-corrected chi connectivity index (χ0v) is 16.1. The van der Waals surface area contributed by atoms with Crippen LogP contribution in [0.15, 0.2) is 30.6 Å². The lowest BCUT2D eigenvalue weighted by molar-refractivity contribution is -0.132. The number of aryl methyl sites for hydroxylation is 1. The van der Waals surface area contributed by atoms with Crippen LogP contribution >= 0.6 is 0 Å². The van der Waals surface area contributed by atoms with Crippen molar-refractivity contribution in [3.05, 3.63) is 53.2 Å². The van der Waals surface area contributed by atoms with E-state index in [-0.39, 0.29) is 18.1 Å². The van der Waals surface area contributed by atoms with Gasteiger partial charge in [-0.25, -0.2) is 14.4 Å². The number of halogens is 1. The highest BCUT2D eigenvalue weighted by molar-refractivity contribution is 5.82. The van der Waals surface area contributed by atoms with E-state index in [1.807, 2.05) is 0 Å². The van der Waals surface area contributed by atoms with Crippen molar-refractivity contribution in [2.45, 2.75) is 38.1 Å². The number of fused-ring (bicyclic) bond motifs is 1. The third kappa shape index (κ3) is 3.58.